The lowest BCUT2D eigenvalue weighted by Crippen LogP contribution is -2.49. The lowest BCUT2D eigenvalue weighted by atomic mass is 9.83. The molecule has 0 spiro atoms. The molecule has 0 saturated heterocycles. The largest absolute Gasteiger partial charge is 0.497 e. The van der Waals surface area contributed by atoms with Crippen molar-refractivity contribution in [3.63, 3.8) is 0 Å². The first-order chi connectivity index (χ1) is 21.5. The molecule has 3 aromatic carbocycles. The molecule has 240 valence electrons. The summed E-state index contributed by atoms with van der Waals surface area (Å²) in [6, 6.07) is 22.4. The summed E-state index contributed by atoms with van der Waals surface area (Å²) in [6.45, 7) is 6.22. The molecule has 0 unspecified atom stereocenters. The molecule has 1 aliphatic rings. The second kappa shape index (κ2) is 15.4. The molecule has 0 aromatic heterocycles. The van der Waals surface area contributed by atoms with E-state index in [4.69, 9.17) is 29.0 Å². The summed E-state index contributed by atoms with van der Waals surface area (Å²) in [5, 5.41) is 12.1. The lowest BCUT2D eigenvalue weighted by Gasteiger charge is -2.31. The summed E-state index contributed by atoms with van der Waals surface area (Å²) in [7, 11) is 1.62. The maximum absolute atomic E-state index is 14.3. The van der Waals surface area contributed by atoms with Crippen molar-refractivity contribution in [1.82, 2.24) is 5.32 Å². The molecular weight excluding hydrogens is 640 g/mol. The maximum Gasteiger partial charge on any atom is 0.306 e. The predicted molar refractivity (Wildman–Crippen MR) is 176 cm³/mol. The molecule has 4 rings (SSSR count). The average Bonchev–Trinajstić information content (AvgIpc) is 3.41. The highest BCUT2D eigenvalue weighted by molar-refractivity contribution is 9.10. The van der Waals surface area contributed by atoms with Crippen LogP contribution in [0.5, 0.6) is 11.5 Å². The number of aliphatic hydroxyl groups is 1. The van der Waals surface area contributed by atoms with Gasteiger partial charge in [-0.15, -0.1) is 0 Å². The van der Waals surface area contributed by atoms with Gasteiger partial charge in [-0.2, -0.15) is 0 Å². The van der Waals surface area contributed by atoms with E-state index in [1.165, 1.54) is 0 Å². The van der Waals surface area contributed by atoms with Crippen molar-refractivity contribution in [3.8, 4) is 11.5 Å². The summed E-state index contributed by atoms with van der Waals surface area (Å²) in [4.78, 5) is 32.2. The molecule has 2 atom stereocenters. The molecule has 0 fully saturated rings. The first kappa shape index (κ1) is 34.0. The number of aliphatic hydroxyl groups excluding tert-OH is 1. The number of amides is 1. The van der Waals surface area contributed by atoms with Gasteiger partial charge < -0.3 is 29.4 Å². The predicted octanol–water partition coefficient (Wildman–Crippen LogP) is 5.96. The van der Waals surface area contributed by atoms with Crippen LogP contribution in [0.2, 0.25) is 0 Å². The van der Waals surface area contributed by atoms with E-state index in [1.54, 1.807) is 19.2 Å². The number of nitrogens with one attached hydrogen (secondary N) is 1. The third kappa shape index (κ3) is 9.08. The Balaban J connectivity index is 1.67. The highest BCUT2D eigenvalue weighted by Gasteiger charge is 2.53. The Hall–Kier alpha value is -3.89. The van der Waals surface area contributed by atoms with Crippen LogP contribution in [-0.4, -0.2) is 60.9 Å². The van der Waals surface area contributed by atoms with Crippen LogP contribution in [0.4, 0.5) is 0 Å². The van der Waals surface area contributed by atoms with Gasteiger partial charge in [-0.3, -0.25) is 9.59 Å². The minimum atomic E-state index is -1.47. The number of ether oxygens (including phenoxy) is 4. The number of hydrogen-bond donors (Lipinski definition) is 2. The SMILES string of the molecule is COc1ccc(CCNC(=O)[C@]2(CCC(=O)OC(C)(C)C)N=C(c3ccc(OCCCO)cc3)O[C@@H]2c2ccccc2Br)cc1. The molecule has 2 N–H and O–H groups in total. The quantitative estimate of drug-likeness (QED) is 0.160. The average molecular weight is 682 g/mol. The van der Waals surface area contributed by atoms with Crippen LogP contribution in [0.25, 0.3) is 0 Å². The van der Waals surface area contributed by atoms with Gasteiger partial charge in [0.1, 0.15) is 17.1 Å². The zero-order valence-electron chi connectivity index (χ0n) is 26.2. The monoisotopic (exact) mass is 680 g/mol. The molecule has 0 saturated carbocycles. The highest BCUT2D eigenvalue weighted by Crippen LogP contribution is 2.45. The number of carbonyl (C=O) groups is 2. The summed E-state index contributed by atoms with van der Waals surface area (Å²) in [6.07, 6.45) is 0.314. The van der Waals surface area contributed by atoms with Gasteiger partial charge in [-0.25, -0.2) is 4.99 Å². The Labute approximate surface area is 273 Å². The molecule has 1 aliphatic heterocycles. The topological polar surface area (TPSA) is 116 Å². The van der Waals surface area contributed by atoms with Crippen LogP contribution in [-0.2, 0) is 25.5 Å². The van der Waals surface area contributed by atoms with E-state index in [9.17, 15) is 9.59 Å². The highest BCUT2D eigenvalue weighted by atomic mass is 79.9. The minimum Gasteiger partial charge on any atom is -0.497 e. The van der Waals surface area contributed by atoms with Gasteiger partial charge in [0.2, 0.25) is 5.90 Å². The molecule has 0 radical (unpaired) electrons. The Kier molecular flexibility index (Phi) is 11.6. The van der Waals surface area contributed by atoms with Crippen molar-refractivity contribution in [2.24, 2.45) is 4.99 Å². The fourth-order valence-corrected chi connectivity index (χ4v) is 5.48. The number of rotatable bonds is 14. The van der Waals surface area contributed by atoms with Crippen molar-refractivity contribution in [1.29, 1.82) is 0 Å². The molecule has 1 heterocycles. The Bertz CT molecular complexity index is 1470. The van der Waals surface area contributed by atoms with Gasteiger partial charge >= 0.3 is 5.97 Å². The van der Waals surface area contributed by atoms with Gasteiger partial charge in [0.15, 0.2) is 11.6 Å². The third-order valence-corrected chi connectivity index (χ3v) is 7.93. The number of nitrogens with zero attached hydrogens (tertiary/aromatic N) is 1. The second-order valence-electron chi connectivity index (χ2n) is 11.8. The maximum atomic E-state index is 14.3. The van der Waals surface area contributed by atoms with Crippen LogP contribution in [0.3, 0.4) is 0 Å². The lowest BCUT2D eigenvalue weighted by molar-refractivity contribution is -0.155. The van der Waals surface area contributed by atoms with E-state index in [0.29, 0.717) is 37.3 Å². The number of carbonyl (C=O) groups excluding carboxylic acids is 2. The Morgan fingerprint density at radius 1 is 1.02 bits per heavy atom. The van der Waals surface area contributed by atoms with E-state index in [-0.39, 0.29) is 31.3 Å². The number of benzene rings is 3. The fraction of sp³-hybridized carbons (Fsp3) is 0.400. The van der Waals surface area contributed by atoms with E-state index in [2.05, 4.69) is 21.2 Å². The molecule has 45 heavy (non-hydrogen) atoms. The molecule has 10 heteroatoms. The number of halogens is 1. The Morgan fingerprint density at radius 2 is 1.71 bits per heavy atom. The van der Waals surface area contributed by atoms with Gasteiger partial charge in [-0.1, -0.05) is 46.3 Å². The first-order valence-corrected chi connectivity index (χ1v) is 15.8. The van der Waals surface area contributed by atoms with E-state index < -0.39 is 23.2 Å². The van der Waals surface area contributed by atoms with Crippen LogP contribution < -0.4 is 14.8 Å². The standard InChI is InChI=1S/C35H41BrN2O7/c1-34(2,3)45-30(40)18-20-35(33(41)37-21-19-24-10-14-26(42-4)15-11-24)31(28-8-5-6-9-29(28)36)44-32(38-35)25-12-16-27(17-13-25)43-23-7-22-39/h5-6,8-17,31,39H,7,18-23H2,1-4H3,(H,37,41)/t31-,35-/m1/s1. The normalized spacial score (nSPS) is 17.6. The molecule has 3 aromatic rings. The summed E-state index contributed by atoms with van der Waals surface area (Å²) in [5.41, 5.74) is 0.288. The van der Waals surface area contributed by atoms with Gasteiger partial charge in [0, 0.05) is 41.6 Å². The van der Waals surface area contributed by atoms with Crippen molar-refractivity contribution in [2.45, 2.75) is 63.7 Å². The summed E-state index contributed by atoms with van der Waals surface area (Å²) in [5.74, 6) is 0.911. The van der Waals surface area contributed by atoms with Crippen LogP contribution >= 0.6 is 15.9 Å². The fourth-order valence-electron chi connectivity index (χ4n) is 4.99. The molecule has 0 aliphatic carbocycles. The minimum absolute atomic E-state index is 0.0398. The van der Waals surface area contributed by atoms with Crippen LogP contribution in [0, 0.1) is 0 Å². The smallest absolute Gasteiger partial charge is 0.306 e. The second-order valence-corrected chi connectivity index (χ2v) is 12.6. The van der Waals surface area contributed by atoms with Crippen molar-refractivity contribution in [3.05, 3.63) is 94.0 Å². The molecule has 1 amide bonds. The van der Waals surface area contributed by atoms with Gasteiger partial charge in [-0.05, 0) is 81.6 Å². The Morgan fingerprint density at radius 3 is 2.36 bits per heavy atom. The van der Waals surface area contributed by atoms with Crippen molar-refractivity contribution >= 4 is 33.7 Å². The van der Waals surface area contributed by atoms with Crippen molar-refractivity contribution < 1.29 is 33.6 Å². The van der Waals surface area contributed by atoms with Crippen LogP contribution in [0.1, 0.15) is 62.8 Å². The summed E-state index contributed by atoms with van der Waals surface area (Å²) >= 11 is 3.64. The molecular formula is C35H41BrN2O7. The molecule has 9 nitrogen and oxygen atoms in total. The number of esters is 1. The number of aliphatic imine (C=N–C) groups is 1. The van der Waals surface area contributed by atoms with Crippen LogP contribution in [0.15, 0.2) is 82.3 Å². The number of hydrogen-bond acceptors (Lipinski definition) is 8. The third-order valence-electron chi connectivity index (χ3n) is 7.21. The zero-order chi connectivity index (χ0) is 32.5. The van der Waals surface area contributed by atoms with E-state index in [0.717, 1.165) is 21.3 Å². The first-order valence-electron chi connectivity index (χ1n) is 15.0. The van der Waals surface area contributed by atoms with E-state index in [1.807, 2.05) is 81.4 Å². The van der Waals surface area contributed by atoms with Gasteiger partial charge in [0.25, 0.3) is 5.91 Å². The van der Waals surface area contributed by atoms with Gasteiger partial charge in [0.05, 0.1) is 13.7 Å². The summed E-state index contributed by atoms with van der Waals surface area (Å²) < 4.78 is 23.8. The van der Waals surface area contributed by atoms with E-state index >= 15 is 0 Å². The zero-order valence-corrected chi connectivity index (χ0v) is 27.8. The molecule has 0 bridgehead atoms. The van der Waals surface area contributed by atoms with Crippen molar-refractivity contribution in [2.75, 3.05) is 26.9 Å². The number of methoxy groups -OCH3 is 1.